The second kappa shape index (κ2) is 7.84. The van der Waals surface area contributed by atoms with Gasteiger partial charge in [-0.2, -0.15) is 0 Å². The number of piperazine rings is 1. The van der Waals surface area contributed by atoms with Crippen LogP contribution >= 0.6 is 11.6 Å². The van der Waals surface area contributed by atoms with Gasteiger partial charge in [0, 0.05) is 38.9 Å². The molecule has 0 aromatic carbocycles. The molecule has 0 spiro atoms. The maximum Gasteiger partial charge on any atom is 0.253 e. The van der Waals surface area contributed by atoms with Gasteiger partial charge in [-0.3, -0.25) is 9.59 Å². The maximum absolute atomic E-state index is 12.7. The standard InChI is InChI=1S/C17H21ClN4O3/c1-2-15(23)22-10-11-25-14(12-22)17(24)21-8-6-20(7-9-21)16-13(18)4-3-5-19-16/h2-5,14H,1,6-12H2/t14-/m0/s1. The number of carbonyl (C=O) groups is 2. The van der Waals surface area contributed by atoms with Crippen molar-refractivity contribution in [1.82, 2.24) is 14.8 Å². The van der Waals surface area contributed by atoms with Crippen LogP contribution < -0.4 is 4.90 Å². The van der Waals surface area contributed by atoms with Crippen molar-refractivity contribution in [3.8, 4) is 0 Å². The van der Waals surface area contributed by atoms with Gasteiger partial charge in [0.2, 0.25) is 5.91 Å². The normalized spacial score (nSPS) is 21.2. The van der Waals surface area contributed by atoms with Gasteiger partial charge in [-0.05, 0) is 18.2 Å². The number of nitrogens with zero attached hydrogens (tertiary/aromatic N) is 4. The molecule has 2 aliphatic rings. The Morgan fingerprint density at radius 1 is 1.24 bits per heavy atom. The summed E-state index contributed by atoms with van der Waals surface area (Å²) in [7, 11) is 0. The first kappa shape index (κ1) is 17.7. The fourth-order valence-electron chi connectivity index (χ4n) is 3.08. The average Bonchev–Trinajstić information content (AvgIpc) is 2.67. The molecule has 0 saturated carbocycles. The summed E-state index contributed by atoms with van der Waals surface area (Å²) in [5, 5.41) is 0.608. The zero-order valence-electron chi connectivity index (χ0n) is 13.9. The van der Waals surface area contributed by atoms with Gasteiger partial charge in [0.05, 0.1) is 18.2 Å². The second-order valence-electron chi connectivity index (χ2n) is 5.97. The highest BCUT2D eigenvalue weighted by Crippen LogP contribution is 2.23. The molecule has 2 amide bonds. The molecule has 0 unspecified atom stereocenters. The fraction of sp³-hybridized carbons (Fsp3) is 0.471. The van der Waals surface area contributed by atoms with E-state index < -0.39 is 6.10 Å². The minimum atomic E-state index is -0.609. The number of ether oxygens (including phenoxy) is 1. The first-order valence-electron chi connectivity index (χ1n) is 8.27. The quantitative estimate of drug-likeness (QED) is 0.742. The van der Waals surface area contributed by atoms with E-state index in [0.717, 1.165) is 5.82 Å². The summed E-state index contributed by atoms with van der Waals surface area (Å²) < 4.78 is 5.58. The van der Waals surface area contributed by atoms with Crippen molar-refractivity contribution in [2.45, 2.75) is 6.10 Å². The summed E-state index contributed by atoms with van der Waals surface area (Å²) >= 11 is 6.19. The van der Waals surface area contributed by atoms with E-state index in [1.807, 2.05) is 6.07 Å². The Morgan fingerprint density at radius 2 is 2.00 bits per heavy atom. The van der Waals surface area contributed by atoms with Crippen molar-refractivity contribution >= 4 is 29.2 Å². The van der Waals surface area contributed by atoms with E-state index in [2.05, 4.69) is 16.5 Å². The van der Waals surface area contributed by atoms with Gasteiger partial charge in [-0.25, -0.2) is 4.98 Å². The molecule has 8 heteroatoms. The summed E-state index contributed by atoms with van der Waals surface area (Å²) in [5.74, 6) is 0.497. The van der Waals surface area contributed by atoms with E-state index in [-0.39, 0.29) is 18.4 Å². The van der Waals surface area contributed by atoms with E-state index in [9.17, 15) is 9.59 Å². The van der Waals surface area contributed by atoms with Gasteiger partial charge in [0.15, 0.2) is 6.10 Å². The van der Waals surface area contributed by atoms with Gasteiger partial charge in [0.25, 0.3) is 5.91 Å². The molecule has 2 aliphatic heterocycles. The van der Waals surface area contributed by atoms with E-state index in [1.54, 1.807) is 22.1 Å². The molecule has 0 N–H and O–H groups in total. The lowest BCUT2D eigenvalue weighted by Gasteiger charge is -2.39. The minimum absolute atomic E-state index is 0.0756. The molecule has 0 radical (unpaired) electrons. The smallest absolute Gasteiger partial charge is 0.253 e. The SMILES string of the molecule is C=CC(=O)N1CCO[C@H](C(=O)N2CCN(c3ncccc3Cl)CC2)C1. The second-order valence-corrected chi connectivity index (χ2v) is 6.38. The highest BCUT2D eigenvalue weighted by molar-refractivity contribution is 6.32. The van der Waals surface area contributed by atoms with E-state index in [4.69, 9.17) is 16.3 Å². The number of anilines is 1. The Morgan fingerprint density at radius 3 is 2.68 bits per heavy atom. The van der Waals surface area contributed by atoms with Crippen molar-refractivity contribution in [1.29, 1.82) is 0 Å². The van der Waals surface area contributed by atoms with E-state index in [1.165, 1.54) is 6.08 Å². The van der Waals surface area contributed by atoms with Crippen molar-refractivity contribution in [2.24, 2.45) is 0 Å². The molecule has 1 aromatic heterocycles. The molecule has 2 fully saturated rings. The molecular weight excluding hydrogens is 344 g/mol. The molecule has 3 rings (SSSR count). The lowest BCUT2D eigenvalue weighted by atomic mass is 10.2. The Hall–Kier alpha value is -2.12. The van der Waals surface area contributed by atoms with Crippen LogP contribution in [0.25, 0.3) is 0 Å². The molecule has 0 bridgehead atoms. The van der Waals surface area contributed by atoms with Crippen molar-refractivity contribution in [3.05, 3.63) is 36.0 Å². The van der Waals surface area contributed by atoms with Crippen LogP contribution in [-0.2, 0) is 14.3 Å². The molecule has 134 valence electrons. The van der Waals surface area contributed by atoms with Crippen LogP contribution in [0.15, 0.2) is 31.0 Å². The van der Waals surface area contributed by atoms with Crippen LogP contribution in [0.1, 0.15) is 0 Å². The summed E-state index contributed by atoms with van der Waals surface area (Å²) in [6, 6.07) is 3.60. The third kappa shape index (κ3) is 3.93. The zero-order chi connectivity index (χ0) is 17.8. The molecule has 1 aromatic rings. The third-order valence-corrected chi connectivity index (χ3v) is 4.75. The topological polar surface area (TPSA) is 66.0 Å². The summed E-state index contributed by atoms with van der Waals surface area (Å²) in [6.07, 6.45) is 2.37. The van der Waals surface area contributed by atoms with Crippen LogP contribution in [0.3, 0.4) is 0 Å². The number of hydrogen-bond acceptors (Lipinski definition) is 5. The number of morpholine rings is 1. The van der Waals surface area contributed by atoms with Crippen molar-refractivity contribution < 1.29 is 14.3 Å². The zero-order valence-corrected chi connectivity index (χ0v) is 14.7. The van der Waals surface area contributed by atoms with Gasteiger partial charge in [-0.1, -0.05) is 18.2 Å². The van der Waals surface area contributed by atoms with Crippen LogP contribution in [0.5, 0.6) is 0 Å². The van der Waals surface area contributed by atoms with Crippen LogP contribution in [0, 0.1) is 0 Å². The molecule has 0 aliphatic carbocycles. The van der Waals surface area contributed by atoms with Gasteiger partial charge >= 0.3 is 0 Å². The highest BCUT2D eigenvalue weighted by Gasteiger charge is 2.33. The predicted molar refractivity (Wildman–Crippen MR) is 94.6 cm³/mol. The van der Waals surface area contributed by atoms with Crippen LogP contribution in [0.4, 0.5) is 5.82 Å². The predicted octanol–water partition coefficient (Wildman–Crippen LogP) is 0.797. The molecule has 25 heavy (non-hydrogen) atoms. The van der Waals surface area contributed by atoms with Gasteiger partial charge in [0.1, 0.15) is 5.82 Å². The summed E-state index contributed by atoms with van der Waals surface area (Å²) in [4.78, 5) is 34.2. The first-order chi connectivity index (χ1) is 12.1. The van der Waals surface area contributed by atoms with Gasteiger partial charge < -0.3 is 19.4 Å². The molecule has 1 atom stereocenters. The molecule has 2 saturated heterocycles. The molecular formula is C17H21ClN4O3. The van der Waals surface area contributed by atoms with Gasteiger partial charge in [-0.15, -0.1) is 0 Å². The third-order valence-electron chi connectivity index (χ3n) is 4.46. The highest BCUT2D eigenvalue weighted by atomic mass is 35.5. The Labute approximate surface area is 151 Å². The number of rotatable bonds is 3. The first-order valence-corrected chi connectivity index (χ1v) is 8.65. The van der Waals surface area contributed by atoms with Crippen LogP contribution in [0.2, 0.25) is 5.02 Å². The Kier molecular flexibility index (Phi) is 5.55. The molecule has 7 nitrogen and oxygen atoms in total. The maximum atomic E-state index is 12.7. The van der Waals surface area contributed by atoms with Crippen molar-refractivity contribution in [2.75, 3.05) is 50.8 Å². The number of hydrogen-bond donors (Lipinski definition) is 0. The summed E-state index contributed by atoms with van der Waals surface area (Å²) in [6.45, 7) is 7.07. The minimum Gasteiger partial charge on any atom is -0.365 e. The van der Waals surface area contributed by atoms with Crippen LogP contribution in [-0.4, -0.2) is 78.6 Å². The number of halogens is 1. The monoisotopic (exact) mass is 364 g/mol. The van der Waals surface area contributed by atoms with E-state index >= 15 is 0 Å². The van der Waals surface area contributed by atoms with Crippen molar-refractivity contribution in [3.63, 3.8) is 0 Å². The Bertz CT molecular complexity index is 661. The lowest BCUT2D eigenvalue weighted by Crippen LogP contribution is -2.56. The van der Waals surface area contributed by atoms with E-state index in [0.29, 0.717) is 44.4 Å². The number of amides is 2. The Balaban J connectivity index is 1.57. The number of aromatic nitrogens is 1. The average molecular weight is 365 g/mol. The fourth-order valence-corrected chi connectivity index (χ4v) is 3.32. The number of pyridine rings is 1. The summed E-state index contributed by atoms with van der Waals surface area (Å²) in [5.41, 5.74) is 0. The molecule has 3 heterocycles. The number of carbonyl (C=O) groups excluding carboxylic acids is 2. The largest absolute Gasteiger partial charge is 0.365 e. The lowest BCUT2D eigenvalue weighted by molar-refractivity contribution is -0.153.